The van der Waals surface area contributed by atoms with Crippen LogP contribution in [0.25, 0.3) is 6.08 Å². The van der Waals surface area contributed by atoms with Gasteiger partial charge in [-0.05, 0) is 47.9 Å². The second-order valence-electron chi connectivity index (χ2n) is 4.81. The molecule has 1 amide bonds. The van der Waals surface area contributed by atoms with Crippen molar-refractivity contribution in [3.63, 3.8) is 0 Å². The number of nitrogens with one attached hydrogen (secondary N) is 1. The molecular formula is C18H19NO3. The summed E-state index contributed by atoms with van der Waals surface area (Å²) in [5, 5.41) is 12.0. The Morgan fingerprint density at radius 2 is 1.82 bits per heavy atom. The zero-order valence-electron chi connectivity index (χ0n) is 12.5. The van der Waals surface area contributed by atoms with Crippen LogP contribution >= 0.6 is 0 Å². The second-order valence-corrected chi connectivity index (χ2v) is 4.81. The van der Waals surface area contributed by atoms with Crippen LogP contribution in [0.15, 0.2) is 54.6 Å². The fourth-order valence-corrected chi connectivity index (χ4v) is 1.94. The van der Waals surface area contributed by atoms with Crippen LogP contribution in [-0.4, -0.2) is 24.7 Å². The van der Waals surface area contributed by atoms with Crippen molar-refractivity contribution >= 4 is 12.0 Å². The molecule has 2 rings (SSSR count). The first-order chi connectivity index (χ1) is 10.7. The number of hydrogen-bond donors (Lipinski definition) is 2. The molecule has 2 N–H and O–H groups in total. The van der Waals surface area contributed by atoms with Gasteiger partial charge in [-0.1, -0.05) is 24.3 Å². The van der Waals surface area contributed by atoms with E-state index < -0.39 is 0 Å². The molecule has 0 atom stereocenters. The summed E-state index contributed by atoms with van der Waals surface area (Å²) in [4.78, 5) is 11.7. The lowest BCUT2D eigenvalue weighted by Gasteiger charge is -2.03. The highest BCUT2D eigenvalue weighted by Crippen LogP contribution is 2.12. The molecule has 0 aliphatic carbocycles. The van der Waals surface area contributed by atoms with E-state index in [-0.39, 0.29) is 11.7 Å². The Kier molecular flexibility index (Phi) is 5.60. The molecule has 2 aromatic carbocycles. The van der Waals surface area contributed by atoms with Crippen molar-refractivity contribution in [2.45, 2.75) is 6.42 Å². The van der Waals surface area contributed by atoms with Gasteiger partial charge in [0.05, 0.1) is 7.11 Å². The topological polar surface area (TPSA) is 58.6 Å². The smallest absolute Gasteiger partial charge is 0.244 e. The molecule has 4 nitrogen and oxygen atoms in total. The van der Waals surface area contributed by atoms with Gasteiger partial charge in [0, 0.05) is 12.6 Å². The summed E-state index contributed by atoms with van der Waals surface area (Å²) in [6, 6.07) is 14.4. The van der Waals surface area contributed by atoms with E-state index >= 15 is 0 Å². The molecule has 4 heteroatoms. The molecule has 0 spiro atoms. The van der Waals surface area contributed by atoms with E-state index in [1.165, 1.54) is 6.08 Å². The SMILES string of the molecule is COc1ccc(C=CC(=O)NCCc2ccc(O)cc2)cc1. The summed E-state index contributed by atoms with van der Waals surface area (Å²) in [5.74, 6) is 0.903. The van der Waals surface area contributed by atoms with Crippen molar-refractivity contribution in [3.05, 3.63) is 65.7 Å². The highest BCUT2D eigenvalue weighted by atomic mass is 16.5. The number of benzene rings is 2. The van der Waals surface area contributed by atoms with Gasteiger partial charge in [-0.25, -0.2) is 0 Å². The average molecular weight is 297 g/mol. The Hall–Kier alpha value is -2.75. The molecule has 114 valence electrons. The van der Waals surface area contributed by atoms with Crippen LogP contribution in [0.4, 0.5) is 0 Å². The van der Waals surface area contributed by atoms with Gasteiger partial charge in [0.2, 0.25) is 5.91 Å². The highest BCUT2D eigenvalue weighted by Gasteiger charge is 1.97. The van der Waals surface area contributed by atoms with Gasteiger partial charge in [0.15, 0.2) is 0 Å². The molecule has 0 aliphatic rings. The lowest BCUT2D eigenvalue weighted by atomic mass is 10.1. The van der Waals surface area contributed by atoms with E-state index in [1.54, 1.807) is 25.3 Å². The second kappa shape index (κ2) is 7.88. The van der Waals surface area contributed by atoms with Crippen molar-refractivity contribution in [2.75, 3.05) is 13.7 Å². The molecule has 0 saturated heterocycles. The van der Waals surface area contributed by atoms with Gasteiger partial charge in [-0.2, -0.15) is 0 Å². The monoisotopic (exact) mass is 297 g/mol. The number of aromatic hydroxyl groups is 1. The minimum absolute atomic E-state index is 0.130. The zero-order valence-corrected chi connectivity index (χ0v) is 12.5. The van der Waals surface area contributed by atoms with Crippen LogP contribution < -0.4 is 10.1 Å². The summed E-state index contributed by atoms with van der Waals surface area (Å²) in [5.41, 5.74) is 2.01. The van der Waals surface area contributed by atoms with Crippen LogP contribution in [0.3, 0.4) is 0 Å². The lowest BCUT2D eigenvalue weighted by Crippen LogP contribution is -2.23. The fraction of sp³-hybridized carbons (Fsp3) is 0.167. The third-order valence-electron chi connectivity index (χ3n) is 3.19. The lowest BCUT2D eigenvalue weighted by molar-refractivity contribution is -0.116. The maximum absolute atomic E-state index is 11.7. The van der Waals surface area contributed by atoms with Crippen LogP contribution in [0, 0.1) is 0 Å². The van der Waals surface area contributed by atoms with Crippen LogP contribution in [0.1, 0.15) is 11.1 Å². The maximum Gasteiger partial charge on any atom is 0.244 e. The first-order valence-corrected chi connectivity index (χ1v) is 7.05. The van der Waals surface area contributed by atoms with Crippen LogP contribution in [0.5, 0.6) is 11.5 Å². The molecule has 0 saturated carbocycles. The fourth-order valence-electron chi connectivity index (χ4n) is 1.94. The predicted molar refractivity (Wildman–Crippen MR) is 86.8 cm³/mol. The molecule has 0 bridgehead atoms. The van der Waals surface area contributed by atoms with E-state index in [1.807, 2.05) is 36.4 Å². The first-order valence-electron chi connectivity index (χ1n) is 7.05. The molecule has 0 fully saturated rings. The van der Waals surface area contributed by atoms with E-state index in [0.29, 0.717) is 6.54 Å². The Morgan fingerprint density at radius 1 is 1.14 bits per heavy atom. The van der Waals surface area contributed by atoms with Gasteiger partial charge in [-0.3, -0.25) is 4.79 Å². The van der Waals surface area contributed by atoms with Gasteiger partial charge < -0.3 is 15.2 Å². The predicted octanol–water partition coefficient (Wildman–Crippen LogP) is 2.77. The normalized spacial score (nSPS) is 10.6. The molecular weight excluding hydrogens is 278 g/mol. The molecule has 2 aromatic rings. The zero-order chi connectivity index (χ0) is 15.8. The third-order valence-corrected chi connectivity index (χ3v) is 3.19. The summed E-state index contributed by atoms with van der Waals surface area (Å²) in [7, 11) is 1.62. The van der Waals surface area contributed by atoms with Crippen molar-refractivity contribution in [2.24, 2.45) is 0 Å². The number of phenolic OH excluding ortho intramolecular Hbond substituents is 1. The third kappa shape index (κ3) is 4.98. The van der Waals surface area contributed by atoms with E-state index in [4.69, 9.17) is 4.74 Å². The number of amides is 1. The number of carbonyl (C=O) groups excluding carboxylic acids is 1. The van der Waals surface area contributed by atoms with Crippen molar-refractivity contribution in [1.29, 1.82) is 0 Å². The summed E-state index contributed by atoms with van der Waals surface area (Å²) in [6.45, 7) is 0.552. The maximum atomic E-state index is 11.7. The molecule has 0 heterocycles. The number of carbonyl (C=O) groups is 1. The standard InChI is InChI=1S/C18H19NO3/c1-22-17-9-4-14(5-10-17)6-11-18(21)19-13-12-15-2-7-16(20)8-3-15/h2-11,20H,12-13H2,1H3,(H,19,21). The molecule has 0 radical (unpaired) electrons. The van der Waals surface area contributed by atoms with Crippen molar-refractivity contribution in [3.8, 4) is 11.5 Å². The number of methoxy groups -OCH3 is 1. The Bertz CT molecular complexity index is 630. The van der Waals surface area contributed by atoms with Gasteiger partial charge in [0.25, 0.3) is 0 Å². The average Bonchev–Trinajstić information content (AvgIpc) is 2.55. The Labute approximate surface area is 130 Å². The summed E-state index contributed by atoms with van der Waals surface area (Å²) < 4.78 is 5.08. The molecule has 0 unspecified atom stereocenters. The van der Waals surface area contributed by atoms with Crippen LogP contribution in [-0.2, 0) is 11.2 Å². The largest absolute Gasteiger partial charge is 0.508 e. The van der Waals surface area contributed by atoms with E-state index in [9.17, 15) is 9.90 Å². The van der Waals surface area contributed by atoms with E-state index in [2.05, 4.69) is 5.32 Å². The van der Waals surface area contributed by atoms with Gasteiger partial charge in [-0.15, -0.1) is 0 Å². The Morgan fingerprint density at radius 3 is 2.45 bits per heavy atom. The molecule has 0 aromatic heterocycles. The van der Waals surface area contributed by atoms with Crippen molar-refractivity contribution < 1.29 is 14.6 Å². The summed E-state index contributed by atoms with van der Waals surface area (Å²) >= 11 is 0. The quantitative estimate of drug-likeness (QED) is 0.806. The number of rotatable bonds is 6. The summed E-state index contributed by atoms with van der Waals surface area (Å²) in [6.07, 6.45) is 4.00. The first kappa shape index (κ1) is 15.6. The number of ether oxygens (including phenoxy) is 1. The molecule has 22 heavy (non-hydrogen) atoms. The van der Waals surface area contributed by atoms with Crippen LogP contribution in [0.2, 0.25) is 0 Å². The van der Waals surface area contributed by atoms with Gasteiger partial charge >= 0.3 is 0 Å². The van der Waals surface area contributed by atoms with E-state index in [0.717, 1.165) is 23.3 Å². The van der Waals surface area contributed by atoms with Gasteiger partial charge in [0.1, 0.15) is 11.5 Å². The number of hydrogen-bond acceptors (Lipinski definition) is 3. The highest BCUT2D eigenvalue weighted by molar-refractivity contribution is 5.91. The number of phenols is 1. The minimum atomic E-state index is -0.130. The minimum Gasteiger partial charge on any atom is -0.508 e. The molecule has 0 aliphatic heterocycles. The van der Waals surface area contributed by atoms with Crippen molar-refractivity contribution in [1.82, 2.24) is 5.32 Å². The Balaban J connectivity index is 1.77.